The van der Waals surface area contributed by atoms with Gasteiger partial charge in [-0.15, -0.1) is 0 Å². The van der Waals surface area contributed by atoms with Crippen LogP contribution in [0.2, 0.25) is 10.0 Å². The number of likely N-dealkylation sites (N-methyl/N-ethyl adjacent to an activating group) is 1. The number of nitrogens with zero attached hydrogens (tertiary/aromatic N) is 2. The molecule has 0 spiro atoms. The molecule has 0 aromatic heterocycles. The van der Waals surface area contributed by atoms with E-state index in [0.29, 0.717) is 26.9 Å². The second-order valence-corrected chi connectivity index (χ2v) is 6.65. The SMILES string of the molecule is CNC(=O)/C(=N/OC)c1ccccc1CON=C(C)/C=C/c1c(Cl)cccc1Cl. The molecule has 0 radical (unpaired) electrons. The van der Waals surface area contributed by atoms with Gasteiger partial charge in [-0.05, 0) is 25.1 Å². The van der Waals surface area contributed by atoms with Crippen LogP contribution in [-0.4, -0.2) is 31.5 Å². The van der Waals surface area contributed by atoms with Crippen LogP contribution in [0.25, 0.3) is 6.08 Å². The highest BCUT2D eigenvalue weighted by atomic mass is 35.5. The second-order valence-electron chi connectivity index (χ2n) is 5.83. The first-order valence-electron chi connectivity index (χ1n) is 8.68. The van der Waals surface area contributed by atoms with Crippen LogP contribution in [0.5, 0.6) is 0 Å². The van der Waals surface area contributed by atoms with E-state index in [1.54, 1.807) is 49.4 Å². The van der Waals surface area contributed by atoms with Gasteiger partial charge in [-0.25, -0.2) is 0 Å². The Hall–Kier alpha value is -2.83. The zero-order valence-corrected chi connectivity index (χ0v) is 17.8. The Labute approximate surface area is 179 Å². The van der Waals surface area contributed by atoms with Crippen molar-refractivity contribution in [1.82, 2.24) is 5.32 Å². The lowest BCUT2D eigenvalue weighted by Gasteiger charge is -2.10. The molecule has 0 aliphatic heterocycles. The zero-order chi connectivity index (χ0) is 21.2. The first kappa shape index (κ1) is 22.5. The predicted octanol–water partition coefficient (Wildman–Crippen LogP) is 4.70. The van der Waals surface area contributed by atoms with E-state index in [-0.39, 0.29) is 18.2 Å². The van der Waals surface area contributed by atoms with Gasteiger partial charge in [-0.1, -0.05) is 69.9 Å². The fourth-order valence-electron chi connectivity index (χ4n) is 2.41. The van der Waals surface area contributed by atoms with Crippen LogP contribution in [0.3, 0.4) is 0 Å². The normalized spacial score (nSPS) is 12.2. The molecule has 2 rings (SSSR count). The number of carbonyl (C=O) groups is 1. The maximum Gasteiger partial charge on any atom is 0.273 e. The van der Waals surface area contributed by atoms with Gasteiger partial charge in [0.1, 0.15) is 13.7 Å². The molecule has 0 bridgehead atoms. The van der Waals surface area contributed by atoms with Crippen LogP contribution in [0.1, 0.15) is 23.6 Å². The lowest BCUT2D eigenvalue weighted by molar-refractivity contribution is -0.114. The highest BCUT2D eigenvalue weighted by molar-refractivity contribution is 6.45. The Morgan fingerprint density at radius 3 is 2.45 bits per heavy atom. The standard InChI is InChI=1S/C21H21Cl2N3O3/c1-14(11-12-17-18(22)9-6-10-19(17)23)25-29-13-15-7-4-5-8-16(15)20(26-28-3)21(27)24-2/h4-12H,13H2,1-3H3,(H,24,27)/b12-11+,25-14?,26-20+. The molecule has 0 saturated carbocycles. The number of carbonyl (C=O) groups excluding carboxylic acids is 1. The molecular weight excluding hydrogens is 413 g/mol. The summed E-state index contributed by atoms with van der Waals surface area (Å²) in [5.74, 6) is -0.362. The summed E-state index contributed by atoms with van der Waals surface area (Å²) in [6.45, 7) is 1.93. The zero-order valence-electron chi connectivity index (χ0n) is 16.3. The van der Waals surface area contributed by atoms with Crippen molar-refractivity contribution in [2.24, 2.45) is 10.3 Å². The quantitative estimate of drug-likeness (QED) is 0.484. The molecule has 0 heterocycles. The van der Waals surface area contributed by atoms with E-state index in [9.17, 15) is 4.79 Å². The number of allylic oxidation sites excluding steroid dienone is 1. The van der Waals surface area contributed by atoms with E-state index in [4.69, 9.17) is 32.9 Å². The number of hydrogen-bond donors (Lipinski definition) is 1. The van der Waals surface area contributed by atoms with Gasteiger partial charge in [0.25, 0.3) is 5.91 Å². The second kappa shape index (κ2) is 11.2. The summed E-state index contributed by atoms with van der Waals surface area (Å²) in [6, 6.07) is 12.5. The summed E-state index contributed by atoms with van der Waals surface area (Å²) in [6.07, 6.45) is 3.52. The molecule has 0 aliphatic rings. The number of hydrogen-bond acceptors (Lipinski definition) is 5. The summed E-state index contributed by atoms with van der Waals surface area (Å²) in [4.78, 5) is 22.3. The van der Waals surface area contributed by atoms with Crippen molar-refractivity contribution in [3.8, 4) is 0 Å². The Morgan fingerprint density at radius 2 is 1.79 bits per heavy atom. The average molecular weight is 434 g/mol. The topological polar surface area (TPSA) is 72.3 Å². The van der Waals surface area contributed by atoms with Gasteiger partial charge in [-0.2, -0.15) is 0 Å². The fourth-order valence-corrected chi connectivity index (χ4v) is 2.93. The third kappa shape index (κ3) is 6.34. The third-order valence-electron chi connectivity index (χ3n) is 3.82. The van der Waals surface area contributed by atoms with E-state index in [1.807, 2.05) is 12.1 Å². The maximum absolute atomic E-state index is 12.1. The molecule has 2 aromatic carbocycles. The van der Waals surface area contributed by atoms with Gasteiger partial charge in [0.15, 0.2) is 5.71 Å². The van der Waals surface area contributed by atoms with Crippen molar-refractivity contribution in [2.75, 3.05) is 14.2 Å². The minimum absolute atomic E-state index is 0.147. The van der Waals surface area contributed by atoms with Crippen molar-refractivity contribution in [1.29, 1.82) is 0 Å². The van der Waals surface area contributed by atoms with Gasteiger partial charge < -0.3 is 15.0 Å². The van der Waals surface area contributed by atoms with Gasteiger partial charge >= 0.3 is 0 Å². The van der Waals surface area contributed by atoms with E-state index >= 15 is 0 Å². The summed E-state index contributed by atoms with van der Waals surface area (Å²) in [5.41, 5.74) is 2.82. The number of benzene rings is 2. The van der Waals surface area contributed by atoms with Crippen molar-refractivity contribution in [3.63, 3.8) is 0 Å². The van der Waals surface area contributed by atoms with Crippen LogP contribution in [0.15, 0.2) is 58.9 Å². The molecule has 0 unspecified atom stereocenters. The molecule has 29 heavy (non-hydrogen) atoms. The molecule has 1 amide bonds. The summed E-state index contributed by atoms with van der Waals surface area (Å²) in [5, 5.41) is 11.5. The van der Waals surface area contributed by atoms with Crippen LogP contribution in [-0.2, 0) is 21.1 Å². The fraction of sp³-hybridized carbons (Fsp3) is 0.190. The van der Waals surface area contributed by atoms with Crippen LogP contribution in [0, 0.1) is 0 Å². The van der Waals surface area contributed by atoms with E-state index in [0.717, 1.165) is 5.56 Å². The molecule has 1 N–H and O–H groups in total. The largest absolute Gasteiger partial charge is 0.398 e. The molecule has 152 valence electrons. The first-order chi connectivity index (χ1) is 14.0. The molecule has 0 atom stereocenters. The van der Waals surface area contributed by atoms with E-state index in [2.05, 4.69) is 15.6 Å². The number of oxime groups is 2. The van der Waals surface area contributed by atoms with Gasteiger partial charge in [-0.3, -0.25) is 4.79 Å². The number of nitrogens with one attached hydrogen (secondary N) is 1. The Morgan fingerprint density at radius 1 is 1.10 bits per heavy atom. The van der Waals surface area contributed by atoms with Gasteiger partial charge in [0.2, 0.25) is 0 Å². The molecule has 0 saturated heterocycles. The number of halogens is 2. The van der Waals surface area contributed by atoms with E-state index in [1.165, 1.54) is 14.2 Å². The Bertz CT molecular complexity index is 936. The lowest BCUT2D eigenvalue weighted by Crippen LogP contribution is -2.29. The highest BCUT2D eigenvalue weighted by Gasteiger charge is 2.17. The van der Waals surface area contributed by atoms with Gasteiger partial charge in [0.05, 0.1) is 5.71 Å². The molecule has 6 nitrogen and oxygen atoms in total. The summed E-state index contributed by atoms with van der Waals surface area (Å²) >= 11 is 12.3. The number of rotatable bonds is 8. The van der Waals surface area contributed by atoms with Crippen molar-refractivity contribution in [2.45, 2.75) is 13.5 Å². The van der Waals surface area contributed by atoms with Crippen molar-refractivity contribution < 1.29 is 14.5 Å². The minimum Gasteiger partial charge on any atom is -0.398 e. The van der Waals surface area contributed by atoms with Crippen LogP contribution < -0.4 is 5.32 Å². The average Bonchev–Trinajstić information content (AvgIpc) is 2.71. The monoisotopic (exact) mass is 433 g/mol. The van der Waals surface area contributed by atoms with Crippen molar-refractivity contribution in [3.05, 3.63) is 75.3 Å². The third-order valence-corrected chi connectivity index (χ3v) is 4.48. The Kier molecular flexibility index (Phi) is 8.70. The van der Waals surface area contributed by atoms with Crippen LogP contribution >= 0.6 is 23.2 Å². The predicted molar refractivity (Wildman–Crippen MR) is 117 cm³/mol. The molecule has 2 aromatic rings. The van der Waals surface area contributed by atoms with Gasteiger partial charge in [0, 0.05) is 33.8 Å². The molecule has 0 aliphatic carbocycles. The minimum atomic E-state index is -0.362. The van der Waals surface area contributed by atoms with E-state index < -0.39 is 0 Å². The molecular formula is C21H21Cl2N3O3. The Balaban J connectivity index is 2.13. The summed E-state index contributed by atoms with van der Waals surface area (Å²) in [7, 11) is 2.91. The highest BCUT2D eigenvalue weighted by Crippen LogP contribution is 2.25. The maximum atomic E-state index is 12.1. The lowest BCUT2D eigenvalue weighted by atomic mass is 10.0. The number of amides is 1. The molecule has 8 heteroatoms. The molecule has 0 fully saturated rings. The van der Waals surface area contributed by atoms with Crippen molar-refractivity contribution >= 4 is 46.6 Å². The first-order valence-corrected chi connectivity index (χ1v) is 9.43. The van der Waals surface area contributed by atoms with Crippen LogP contribution in [0.4, 0.5) is 0 Å². The smallest absolute Gasteiger partial charge is 0.273 e. The summed E-state index contributed by atoms with van der Waals surface area (Å²) < 4.78 is 0.